The van der Waals surface area contributed by atoms with Crippen LogP contribution in [0.3, 0.4) is 0 Å². The van der Waals surface area contributed by atoms with Crippen LogP contribution in [0.25, 0.3) is 0 Å². The van der Waals surface area contributed by atoms with Crippen LogP contribution < -0.4 is 5.32 Å². The lowest BCUT2D eigenvalue weighted by molar-refractivity contribution is 0.312. The van der Waals surface area contributed by atoms with Crippen molar-refractivity contribution in [1.29, 1.82) is 0 Å². The van der Waals surface area contributed by atoms with Crippen LogP contribution in [0, 0.1) is 0 Å². The molecule has 160 valence electrons. The van der Waals surface area contributed by atoms with E-state index in [1.54, 1.807) is 0 Å². The Morgan fingerprint density at radius 3 is 1.85 bits per heavy atom. The summed E-state index contributed by atoms with van der Waals surface area (Å²) in [5, 5.41) is 16.9. The second-order valence-corrected chi connectivity index (χ2v) is 8.65. The first kappa shape index (κ1) is 24.5. The van der Waals surface area contributed by atoms with Gasteiger partial charge in [0.05, 0.1) is 5.71 Å². The lowest BCUT2D eigenvalue weighted by Gasteiger charge is -2.21. The van der Waals surface area contributed by atoms with E-state index in [0.29, 0.717) is 6.04 Å². The minimum Gasteiger partial charge on any atom is -0.411 e. The lowest BCUT2D eigenvalue weighted by atomic mass is 9.96. The Labute approximate surface area is 169 Å². The van der Waals surface area contributed by atoms with Crippen LogP contribution >= 0.6 is 0 Å². The molecule has 0 spiro atoms. The SMILES string of the molecule is CCCCCCCCCCCCN[C@@H]1CCCCCCCCCC/C1=N/O. The molecule has 2 N–H and O–H groups in total. The van der Waals surface area contributed by atoms with Crippen molar-refractivity contribution < 1.29 is 5.21 Å². The third-order valence-corrected chi connectivity index (χ3v) is 6.13. The molecular formula is C24H48N2O. The molecule has 0 aromatic carbocycles. The highest BCUT2D eigenvalue weighted by Gasteiger charge is 2.16. The highest BCUT2D eigenvalue weighted by Crippen LogP contribution is 2.16. The molecule has 0 bridgehead atoms. The summed E-state index contributed by atoms with van der Waals surface area (Å²) in [5.41, 5.74) is 1.00. The lowest BCUT2D eigenvalue weighted by Crippen LogP contribution is -2.37. The van der Waals surface area contributed by atoms with Gasteiger partial charge < -0.3 is 10.5 Å². The molecule has 0 saturated heterocycles. The molecule has 1 aliphatic carbocycles. The van der Waals surface area contributed by atoms with Gasteiger partial charge in [-0.1, -0.05) is 115 Å². The average Bonchev–Trinajstić information content (AvgIpc) is 2.67. The fourth-order valence-corrected chi connectivity index (χ4v) is 4.28. The van der Waals surface area contributed by atoms with Gasteiger partial charge in [0.25, 0.3) is 0 Å². The van der Waals surface area contributed by atoms with Crippen LogP contribution in [0.5, 0.6) is 0 Å². The summed E-state index contributed by atoms with van der Waals surface area (Å²) in [6.45, 7) is 3.35. The largest absolute Gasteiger partial charge is 0.411 e. The van der Waals surface area contributed by atoms with Crippen molar-refractivity contribution in [3.8, 4) is 0 Å². The molecule has 0 unspecified atom stereocenters. The first-order valence-corrected chi connectivity index (χ1v) is 12.3. The molecule has 1 aliphatic rings. The first-order chi connectivity index (χ1) is 13.4. The van der Waals surface area contributed by atoms with Crippen LogP contribution in [0.15, 0.2) is 5.16 Å². The van der Waals surface area contributed by atoms with Crippen LogP contribution in [-0.2, 0) is 0 Å². The van der Waals surface area contributed by atoms with Crippen molar-refractivity contribution in [2.75, 3.05) is 6.54 Å². The second kappa shape index (κ2) is 18.8. The molecule has 0 aromatic rings. The minimum absolute atomic E-state index is 0.299. The molecular weight excluding hydrogens is 332 g/mol. The molecule has 3 heteroatoms. The smallest absolute Gasteiger partial charge is 0.0739 e. The van der Waals surface area contributed by atoms with Crippen LogP contribution in [-0.4, -0.2) is 23.5 Å². The summed E-state index contributed by atoms with van der Waals surface area (Å²) < 4.78 is 0. The molecule has 0 aromatic heterocycles. The predicted octanol–water partition coefficient (Wildman–Crippen LogP) is 7.61. The minimum atomic E-state index is 0.299. The molecule has 0 radical (unpaired) electrons. The van der Waals surface area contributed by atoms with Crippen molar-refractivity contribution in [2.45, 2.75) is 141 Å². The molecule has 27 heavy (non-hydrogen) atoms. The van der Waals surface area contributed by atoms with E-state index in [9.17, 15) is 5.21 Å². The number of hydrogen-bond acceptors (Lipinski definition) is 3. The first-order valence-electron chi connectivity index (χ1n) is 12.3. The Hall–Kier alpha value is -0.570. The van der Waals surface area contributed by atoms with Gasteiger partial charge in [-0.2, -0.15) is 0 Å². The summed E-state index contributed by atoms with van der Waals surface area (Å²) in [7, 11) is 0. The standard InChI is InChI=1S/C24H48N2O/c1-2-3-4-5-6-7-10-13-16-19-22-25-23-20-17-14-11-8-9-12-15-18-21-24(23)26-27/h23,25,27H,2-22H2,1H3/b26-24-/t23-/m1/s1. The maximum Gasteiger partial charge on any atom is 0.0739 e. The number of nitrogens with one attached hydrogen (secondary N) is 1. The van der Waals surface area contributed by atoms with Crippen molar-refractivity contribution in [1.82, 2.24) is 5.32 Å². The highest BCUT2D eigenvalue weighted by molar-refractivity contribution is 5.89. The van der Waals surface area contributed by atoms with E-state index in [4.69, 9.17) is 0 Å². The van der Waals surface area contributed by atoms with Crippen molar-refractivity contribution in [2.24, 2.45) is 5.16 Å². The third kappa shape index (κ3) is 14.1. The number of unbranched alkanes of at least 4 members (excludes halogenated alkanes) is 9. The predicted molar refractivity (Wildman–Crippen MR) is 119 cm³/mol. The molecule has 1 atom stereocenters. The second-order valence-electron chi connectivity index (χ2n) is 8.65. The van der Waals surface area contributed by atoms with Gasteiger partial charge in [0.15, 0.2) is 0 Å². The fraction of sp³-hybridized carbons (Fsp3) is 0.958. The summed E-state index contributed by atoms with van der Waals surface area (Å²) in [4.78, 5) is 0. The number of hydrogen-bond donors (Lipinski definition) is 2. The molecule has 0 heterocycles. The Balaban J connectivity index is 2.13. The Bertz CT molecular complexity index is 343. The molecule has 0 aliphatic heterocycles. The van der Waals surface area contributed by atoms with Gasteiger partial charge in [0.2, 0.25) is 0 Å². The van der Waals surface area contributed by atoms with Crippen LogP contribution in [0.1, 0.15) is 135 Å². The van der Waals surface area contributed by atoms with Gasteiger partial charge >= 0.3 is 0 Å². The third-order valence-electron chi connectivity index (χ3n) is 6.13. The zero-order valence-corrected chi connectivity index (χ0v) is 18.3. The average molecular weight is 381 g/mol. The molecule has 1 fully saturated rings. The summed E-state index contributed by atoms with van der Waals surface area (Å²) >= 11 is 0. The number of oxime groups is 1. The van der Waals surface area contributed by atoms with E-state index in [0.717, 1.165) is 25.1 Å². The van der Waals surface area contributed by atoms with E-state index >= 15 is 0 Å². The van der Waals surface area contributed by atoms with Gasteiger partial charge in [-0.15, -0.1) is 0 Å². The maximum atomic E-state index is 9.49. The Kier molecular flexibility index (Phi) is 17.0. The van der Waals surface area contributed by atoms with Gasteiger partial charge in [-0.05, 0) is 32.2 Å². The van der Waals surface area contributed by atoms with Crippen molar-refractivity contribution in [3.63, 3.8) is 0 Å². The van der Waals surface area contributed by atoms with Gasteiger partial charge in [-0.25, -0.2) is 0 Å². The number of rotatable bonds is 12. The van der Waals surface area contributed by atoms with E-state index in [2.05, 4.69) is 17.4 Å². The summed E-state index contributed by atoms with van der Waals surface area (Å²) in [6.07, 6.45) is 26.5. The summed E-state index contributed by atoms with van der Waals surface area (Å²) in [6, 6.07) is 0.299. The van der Waals surface area contributed by atoms with Crippen LogP contribution in [0.4, 0.5) is 0 Å². The van der Waals surface area contributed by atoms with Gasteiger partial charge in [0.1, 0.15) is 0 Å². The molecule has 3 nitrogen and oxygen atoms in total. The van der Waals surface area contributed by atoms with E-state index < -0.39 is 0 Å². The zero-order chi connectivity index (χ0) is 19.4. The molecule has 1 saturated carbocycles. The van der Waals surface area contributed by atoms with E-state index in [1.165, 1.54) is 116 Å². The normalized spacial score (nSPS) is 21.7. The Morgan fingerprint density at radius 1 is 0.741 bits per heavy atom. The molecule has 1 rings (SSSR count). The quantitative estimate of drug-likeness (QED) is 0.208. The molecule has 0 amide bonds. The van der Waals surface area contributed by atoms with Crippen molar-refractivity contribution >= 4 is 5.71 Å². The monoisotopic (exact) mass is 380 g/mol. The zero-order valence-electron chi connectivity index (χ0n) is 18.3. The van der Waals surface area contributed by atoms with Crippen molar-refractivity contribution in [3.05, 3.63) is 0 Å². The number of nitrogens with zero attached hydrogens (tertiary/aromatic N) is 1. The fourth-order valence-electron chi connectivity index (χ4n) is 4.28. The van der Waals surface area contributed by atoms with Gasteiger partial charge in [0, 0.05) is 6.04 Å². The highest BCUT2D eigenvalue weighted by atomic mass is 16.4. The van der Waals surface area contributed by atoms with E-state index in [1.807, 2.05) is 0 Å². The van der Waals surface area contributed by atoms with E-state index in [-0.39, 0.29) is 0 Å². The maximum absolute atomic E-state index is 9.49. The summed E-state index contributed by atoms with van der Waals surface area (Å²) in [5.74, 6) is 0. The van der Waals surface area contributed by atoms with Gasteiger partial charge in [-0.3, -0.25) is 0 Å². The van der Waals surface area contributed by atoms with Crippen LogP contribution in [0.2, 0.25) is 0 Å². The topological polar surface area (TPSA) is 44.6 Å². The Morgan fingerprint density at radius 2 is 1.26 bits per heavy atom.